The number of quaternary nitrogens is 1. The molecule has 8 heteroatoms. The zero-order valence-electron chi connectivity index (χ0n) is 16.8. The summed E-state index contributed by atoms with van der Waals surface area (Å²) in [4.78, 5) is 33.7. The molecule has 1 aromatic heterocycles. The molecule has 1 aromatic carbocycles. The molecule has 0 spiro atoms. The van der Waals surface area contributed by atoms with Gasteiger partial charge in [0.1, 0.15) is 11.3 Å². The maximum absolute atomic E-state index is 13.2. The Kier molecular flexibility index (Phi) is 5.10. The smallest absolute Gasteiger partial charge is 0.329 e. The van der Waals surface area contributed by atoms with Crippen LogP contribution in [0.5, 0.6) is 5.75 Å². The molecule has 0 unspecified atom stereocenters. The number of imide groups is 1. The molecule has 0 radical (unpaired) electrons. The number of rotatable bonds is 5. The first kappa shape index (κ1) is 19.2. The van der Waals surface area contributed by atoms with E-state index in [4.69, 9.17) is 4.74 Å². The van der Waals surface area contributed by atoms with Gasteiger partial charge in [0.05, 0.1) is 33.3 Å². The summed E-state index contributed by atoms with van der Waals surface area (Å²) >= 11 is 0. The van der Waals surface area contributed by atoms with Gasteiger partial charge in [-0.3, -0.25) is 4.79 Å². The van der Waals surface area contributed by atoms with Crippen LogP contribution in [0.15, 0.2) is 48.8 Å². The predicted octanol–water partition coefficient (Wildman–Crippen LogP) is -0.361. The van der Waals surface area contributed by atoms with Gasteiger partial charge in [-0.15, -0.1) is 0 Å². The summed E-state index contributed by atoms with van der Waals surface area (Å²) in [5.41, 5.74) is 0.828. The number of methoxy groups -OCH3 is 1. The van der Waals surface area contributed by atoms with Crippen LogP contribution in [-0.4, -0.2) is 56.8 Å². The van der Waals surface area contributed by atoms with Crippen molar-refractivity contribution < 1.29 is 24.2 Å². The van der Waals surface area contributed by atoms with E-state index in [1.165, 1.54) is 15.5 Å². The molecular formula is C21H27N5O3+2. The molecular weight excluding hydrogens is 370 g/mol. The lowest BCUT2D eigenvalue weighted by Crippen LogP contribution is -3.16. The van der Waals surface area contributed by atoms with Crippen LogP contribution in [0.25, 0.3) is 0 Å². The van der Waals surface area contributed by atoms with Gasteiger partial charge in [0, 0.05) is 17.8 Å². The number of hydrogen-bond acceptors (Lipinski definition) is 4. The number of benzene rings is 1. The summed E-state index contributed by atoms with van der Waals surface area (Å²) < 4.78 is 5.27. The van der Waals surface area contributed by atoms with E-state index in [1.54, 1.807) is 20.1 Å². The van der Waals surface area contributed by atoms with Gasteiger partial charge in [-0.05, 0) is 24.6 Å². The Morgan fingerprint density at radius 2 is 1.90 bits per heavy atom. The molecule has 29 heavy (non-hydrogen) atoms. The van der Waals surface area contributed by atoms with Gasteiger partial charge >= 0.3 is 6.03 Å². The lowest BCUT2D eigenvalue weighted by molar-refractivity contribution is -0.907. The monoisotopic (exact) mass is 397 g/mol. The van der Waals surface area contributed by atoms with Crippen LogP contribution in [0, 0.1) is 0 Å². The number of pyridine rings is 1. The third-order valence-corrected chi connectivity index (χ3v) is 5.84. The summed E-state index contributed by atoms with van der Waals surface area (Å²) in [5, 5.41) is 2.88. The number of aromatic nitrogens is 1. The quantitative estimate of drug-likeness (QED) is 0.676. The number of H-pyrrole nitrogens is 1. The fourth-order valence-corrected chi connectivity index (χ4v) is 4.02. The van der Waals surface area contributed by atoms with Crippen molar-refractivity contribution in [1.82, 2.24) is 10.2 Å². The van der Waals surface area contributed by atoms with E-state index in [2.05, 4.69) is 27.3 Å². The van der Waals surface area contributed by atoms with Crippen molar-refractivity contribution in [3.8, 4) is 5.75 Å². The zero-order chi connectivity index (χ0) is 20.4. The number of amides is 3. The largest absolute Gasteiger partial charge is 0.497 e. The van der Waals surface area contributed by atoms with E-state index in [0.717, 1.165) is 31.7 Å². The fraction of sp³-hybridized carbons (Fsp3) is 0.381. The molecule has 2 saturated heterocycles. The van der Waals surface area contributed by atoms with E-state index in [0.29, 0.717) is 12.4 Å². The Labute approximate surface area is 170 Å². The fourth-order valence-electron chi connectivity index (χ4n) is 4.02. The van der Waals surface area contributed by atoms with Gasteiger partial charge in [0.25, 0.3) is 5.91 Å². The molecule has 2 fully saturated rings. The number of hydrogen-bond donors (Lipinski definition) is 2. The SMILES string of the molecule is COc1cccc([C@@]2(C)NC(=O)N(C[NH+]3CCN(c4cc[nH+]cc4)CC3)C2=O)c1. The standard InChI is InChI=1S/C21H25N5O3/c1-21(16-4-3-5-18(14-16)29-2)19(27)26(20(28)23-21)15-24-10-12-25(13-11-24)17-6-8-22-9-7-17/h3-9,14H,10-13,15H2,1-2H3,(H,23,28)/p+2/t21-/m1/s1. The van der Waals surface area contributed by atoms with Gasteiger partial charge in [-0.25, -0.2) is 14.7 Å². The third-order valence-electron chi connectivity index (χ3n) is 5.84. The van der Waals surface area contributed by atoms with Crippen LogP contribution in [0.4, 0.5) is 10.5 Å². The van der Waals surface area contributed by atoms with Crippen LogP contribution in [0.3, 0.4) is 0 Å². The van der Waals surface area contributed by atoms with Crippen LogP contribution < -0.4 is 24.8 Å². The lowest BCUT2D eigenvalue weighted by Gasteiger charge is -2.34. The average molecular weight is 397 g/mol. The third kappa shape index (κ3) is 3.63. The molecule has 0 aliphatic carbocycles. The van der Waals surface area contributed by atoms with E-state index in [9.17, 15) is 9.59 Å². The highest BCUT2D eigenvalue weighted by molar-refractivity contribution is 6.07. The molecule has 3 heterocycles. The highest BCUT2D eigenvalue weighted by atomic mass is 16.5. The van der Waals surface area contributed by atoms with Crippen LogP contribution in [-0.2, 0) is 10.3 Å². The Morgan fingerprint density at radius 1 is 1.17 bits per heavy atom. The van der Waals surface area contributed by atoms with Crippen molar-refractivity contribution >= 4 is 17.6 Å². The summed E-state index contributed by atoms with van der Waals surface area (Å²) in [5.74, 6) is 0.439. The molecule has 8 nitrogen and oxygen atoms in total. The van der Waals surface area contributed by atoms with Crippen LogP contribution in [0.1, 0.15) is 12.5 Å². The maximum Gasteiger partial charge on any atom is 0.329 e. The maximum atomic E-state index is 13.2. The zero-order valence-corrected chi connectivity index (χ0v) is 16.8. The Bertz CT molecular complexity index is 898. The van der Waals surface area contributed by atoms with Crippen molar-refractivity contribution in [1.29, 1.82) is 0 Å². The average Bonchev–Trinajstić information content (AvgIpc) is 2.99. The minimum atomic E-state index is -1.08. The van der Waals surface area contributed by atoms with E-state index in [1.807, 2.05) is 30.6 Å². The van der Waals surface area contributed by atoms with Crippen LogP contribution in [0.2, 0.25) is 0 Å². The number of anilines is 1. The second kappa shape index (κ2) is 7.71. The highest BCUT2D eigenvalue weighted by Crippen LogP contribution is 2.30. The first-order chi connectivity index (χ1) is 14.0. The topological polar surface area (TPSA) is 80.5 Å². The molecule has 0 bridgehead atoms. The van der Waals surface area contributed by atoms with Crippen LogP contribution >= 0.6 is 0 Å². The molecule has 2 aromatic rings. The minimum Gasteiger partial charge on any atom is -0.497 e. The van der Waals surface area contributed by atoms with Gasteiger partial charge in [-0.2, -0.15) is 0 Å². The summed E-state index contributed by atoms with van der Waals surface area (Å²) in [6.07, 6.45) is 3.84. The number of ether oxygens (including phenoxy) is 1. The Morgan fingerprint density at radius 3 is 2.59 bits per heavy atom. The number of nitrogens with one attached hydrogen (secondary N) is 3. The number of nitrogens with zero attached hydrogens (tertiary/aromatic N) is 2. The number of carbonyl (C=O) groups is 2. The summed E-state index contributed by atoms with van der Waals surface area (Å²) in [6.45, 7) is 5.63. The number of carbonyl (C=O) groups excluding carboxylic acids is 2. The van der Waals surface area contributed by atoms with E-state index >= 15 is 0 Å². The highest BCUT2D eigenvalue weighted by Gasteiger charge is 2.50. The van der Waals surface area contributed by atoms with E-state index in [-0.39, 0.29) is 11.9 Å². The van der Waals surface area contributed by atoms with Gasteiger partial charge < -0.3 is 19.9 Å². The van der Waals surface area contributed by atoms with Crippen molar-refractivity contribution in [3.63, 3.8) is 0 Å². The van der Waals surface area contributed by atoms with Crippen molar-refractivity contribution in [2.45, 2.75) is 12.5 Å². The first-order valence-electron chi connectivity index (χ1n) is 9.84. The second-order valence-electron chi connectivity index (χ2n) is 7.67. The molecule has 152 valence electrons. The Hall–Kier alpha value is -3.13. The molecule has 2 aliphatic rings. The van der Waals surface area contributed by atoms with Crippen molar-refractivity contribution in [3.05, 3.63) is 54.4 Å². The number of piperazine rings is 1. The number of urea groups is 1. The molecule has 4 rings (SSSR count). The van der Waals surface area contributed by atoms with Crippen molar-refractivity contribution in [2.75, 3.05) is 44.9 Å². The molecule has 3 N–H and O–H groups in total. The second-order valence-corrected chi connectivity index (χ2v) is 7.67. The van der Waals surface area contributed by atoms with Crippen molar-refractivity contribution in [2.24, 2.45) is 0 Å². The Balaban J connectivity index is 1.42. The normalized spacial score (nSPS) is 22.7. The molecule has 3 amide bonds. The summed E-state index contributed by atoms with van der Waals surface area (Å²) in [6, 6.07) is 11.1. The lowest BCUT2D eigenvalue weighted by atomic mass is 9.92. The van der Waals surface area contributed by atoms with Gasteiger partial charge in [-0.1, -0.05) is 12.1 Å². The minimum absolute atomic E-state index is 0.218. The van der Waals surface area contributed by atoms with Gasteiger partial charge in [0.15, 0.2) is 19.1 Å². The summed E-state index contributed by atoms with van der Waals surface area (Å²) in [7, 11) is 1.58. The van der Waals surface area contributed by atoms with Gasteiger partial charge in [0.2, 0.25) is 0 Å². The molecule has 1 atom stereocenters. The molecule has 2 aliphatic heterocycles. The van der Waals surface area contributed by atoms with E-state index < -0.39 is 5.54 Å². The molecule has 0 saturated carbocycles. The first-order valence-corrected chi connectivity index (χ1v) is 9.84. The predicted molar refractivity (Wildman–Crippen MR) is 106 cm³/mol. The number of aromatic amines is 1.